The van der Waals surface area contributed by atoms with Crippen LogP contribution >= 0.6 is 11.6 Å². The van der Waals surface area contributed by atoms with E-state index in [-0.39, 0.29) is 0 Å². The molecule has 0 aliphatic heterocycles. The summed E-state index contributed by atoms with van der Waals surface area (Å²) in [5.41, 5.74) is 4.80. The molecule has 0 fully saturated rings. The zero-order valence-electron chi connectivity index (χ0n) is 12.4. The van der Waals surface area contributed by atoms with Crippen molar-refractivity contribution in [2.45, 2.75) is 40.2 Å². The van der Waals surface area contributed by atoms with Crippen molar-refractivity contribution in [1.29, 1.82) is 0 Å². The first-order chi connectivity index (χ1) is 9.71. The minimum atomic E-state index is 0.742. The molecule has 1 aromatic carbocycles. The van der Waals surface area contributed by atoms with Gasteiger partial charge in [0.05, 0.1) is 11.4 Å². The summed E-state index contributed by atoms with van der Waals surface area (Å²) < 4.78 is 2.04. The smallest absolute Gasteiger partial charge is 0.0674 e. The largest absolute Gasteiger partial charge is 0.313 e. The van der Waals surface area contributed by atoms with Gasteiger partial charge in [-0.15, -0.1) is 0 Å². The van der Waals surface area contributed by atoms with E-state index in [0.717, 1.165) is 36.6 Å². The van der Waals surface area contributed by atoms with Gasteiger partial charge in [0.1, 0.15) is 0 Å². The van der Waals surface area contributed by atoms with Crippen LogP contribution in [0.1, 0.15) is 37.7 Å². The van der Waals surface area contributed by atoms with Crippen LogP contribution in [-0.4, -0.2) is 16.3 Å². The van der Waals surface area contributed by atoms with Gasteiger partial charge in [0.15, 0.2) is 0 Å². The zero-order valence-corrected chi connectivity index (χ0v) is 13.2. The predicted octanol–water partition coefficient (Wildman–Crippen LogP) is 3.76. The minimum absolute atomic E-state index is 0.742. The molecule has 0 bridgehead atoms. The van der Waals surface area contributed by atoms with E-state index in [1.807, 2.05) is 22.9 Å². The monoisotopic (exact) mass is 291 g/mol. The van der Waals surface area contributed by atoms with Crippen LogP contribution in [0.2, 0.25) is 5.02 Å². The van der Waals surface area contributed by atoms with Gasteiger partial charge in [0.25, 0.3) is 0 Å². The Bertz CT molecular complexity index is 575. The molecule has 0 unspecified atom stereocenters. The van der Waals surface area contributed by atoms with Crippen LogP contribution in [0.4, 0.5) is 0 Å². The number of halogens is 1. The van der Waals surface area contributed by atoms with E-state index in [0.29, 0.717) is 0 Å². The number of aryl methyl sites for hydroxylation is 1. The maximum Gasteiger partial charge on any atom is 0.0674 e. The molecule has 0 saturated carbocycles. The lowest BCUT2D eigenvalue weighted by molar-refractivity contribution is 0.712. The normalized spacial score (nSPS) is 11.0. The molecule has 0 aliphatic carbocycles. The summed E-state index contributed by atoms with van der Waals surface area (Å²) in [6.45, 7) is 8.29. The fourth-order valence-electron chi connectivity index (χ4n) is 2.46. The molecule has 4 heteroatoms. The molecule has 0 amide bonds. The van der Waals surface area contributed by atoms with Crippen molar-refractivity contribution < 1.29 is 0 Å². The van der Waals surface area contributed by atoms with Crippen molar-refractivity contribution in [3.63, 3.8) is 0 Å². The summed E-state index contributed by atoms with van der Waals surface area (Å²) >= 11 is 6.10. The molecule has 108 valence electrons. The second kappa shape index (κ2) is 6.91. The molecule has 1 heterocycles. The van der Waals surface area contributed by atoms with Gasteiger partial charge in [-0.1, -0.05) is 38.4 Å². The second-order valence-corrected chi connectivity index (χ2v) is 5.19. The highest BCUT2D eigenvalue weighted by Crippen LogP contribution is 2.22. The number of rotatable bonds is 6. The van der Waals surface area contributed by atoms with E-state index in [9.17, 15) is 0 Å². The third kappa shape index (κ3) is 3.05. The molecular formula is C16H22ClN3. The standard InChI is InChI=1S/C16H22ClN3/c1-4-15-14(11-18-6-3)16(5-2)20(19-15)13-9-7-8-12(17)10-13/h7-10,18H,4-6,11H2,1-3H3. The van der Waals surface area contributed by atoms with Crippen molar-refractivity contribution in [3.05, 3.63) is 46.2 Å². The summed E-state index contributed by atoms with van der Waals surface area (Å²) in [6, 6.07) is 7.87. The molecule has 1 aromatic heterocycles. The molecule has 1 N–H and O–H groups in total. The molecule has 3 nitrogen and oxygen atoms in total. The lowest BCUT2D eigenvalue weighted by Crippen LogP contribution is -2.14. The number of aromatic nitrogens is 2. The summed E-state index contributed by atoms with van der Waals surface area (Å²) in [6.07, 6.45) is 1.90. The highest BCUT2D eigenvalue weighted by atomic mass is 35.5. The quantitative estimate of drug-likeness (QED) is 0.878. The molecule has 0 radical (unpaired) electrons. The Balaban J connectivity index is 2.50. The molecule has 2 rings (SSSR count). The Morgan fingerprint density at radius 2 is 2.00 bits per heavy atom. The maximum atomic E-state index is 6.10. The Hall–Kier alpha value is -1.32. The summed E-state index contributed by atoms with van der Waals surface area (Å²) in [4.78, 5) is 0. The summed E-state index contributed by atoms with van der Waals surface area (Å²) in [7, 11) is 0. The Morgan fingerprint density at radius 3 is 2.60 bits per heavy atom. The van der Waals surface area contributed by atoms with Gasteiger partial charge in [0, 0.05) is 22.8 Å². The number of benzene rings is 1. The molecule has 0 atom stereocenters. The second-order valence-electron chi connectivity index (χ2n) is 4.75. The van der Waals surface area contributed by atoms with Crippen LogP contribution in [0.15, 0.2) is 24.3 Å². The van der Waals surface area contributed by atoms with Gasteiger partial charge in [-0.05, 0) is 37.6 Å². The summed E-state index contributed by atoms with van der Waals surface area (Å²) in [5.74, 6) is 0. The van der Waals surface area contributed by atoms with E-state index in [4.69, 9.17) is 16.7 Å². The highest BCUT2D eigenvalue weighted by Gasteiger charge is 2.16. The molecular weight excluding hydrogens is 270 g/mol. The van der Waals surface area contributed by atoms with E-state index in [2.05, 4.69) is 32.2 Å². The lowest BCUT2D eigenvalue weighted by atomic mass is 10.1. The third-order valence-corrected chi connectivity index (χ3v) is 3.68. The van der Waals surface area contributed by atoms with Gasteiger partial charge in [0.2, 0.25) is 0 Å². The van der Waals surface area contributed by atoms with Crippen LogP contribution in [0.5, 0.6) is 0 Å². The maximum absolute atomic E-state index is 6.10. The van der Waals surface area contributed by atoms with E-state index >= 15 is 0 Å². The topological polar surface area (TPSA) is 29.9 Å². The number of hydrogen-bond donors (Lipinski definition) is 1. The van der Waals surface area contributed by atoms with E-state index < -0.39 is 0 Å². The van der Waals surface area contributed by atoms with Crippen LogP contribution in [0.3, 0.4) is 0 Å². The Kier molecular flexibility index (Phi) is 5.21. The van der Waals surface area contributed by atoms with Gasteiger partial charge < -0.3 is 5.32 Å². The van der Waals surface area contributed by atoms with Crippen LogP contribution in [0.25, 0.3) is 5.69 Å². The number of nitrogens with zero attached hydrogens (tertiary/aromatic N) is 2. The third-order valence-electron chi connectivity index (χ3n) is 3.45. The number of nitrogens with one attached hydrogen (secondary N) is 1. The summed E-state index contributed by atoms with van der Waals surface area (Å²) in [5, 5.41) is 8.93. The SMILES string of the molecule is CCNCc1c(CC)nn(-c2cccc(Cl)c2)c1CC. The number of hydrogen-bond acceptors (Lipinski definition) is 2. The molecule has 0 saturated heterocycles. The first-order valence-corrected chi connectivity index (χ1v) is 7.65. The predicted molar refractivity (Wildman–Crippen MR) is 84.7 cm³/mol. The van der Waals surface area contributed by atoms with Crippen molar-refractivity contribution in [1.82, 2.24) is 15.1 Å². The molecule has 20 heavy (non-hydrogen) atoms. The van der Waals surface area contributed by atoms with Gasteiger partial charge in [-0.2, -0.15) is 5.10 Å². The first kappa shape index (κ1) is 15.1. The van der Waals surface area contributed by atoms with Gasteiger partial charge in [-0.3, -0.25) is 0 Å². The Morgan fingerprint density at radius 1 is 1.20 bits per heavy atom. The van der Waals surface area contributed by atoms with Crippen molar-refractivity contribution >= 4 is 11.6 Å². The Labute approximate surface area is 126 Å². The van der Waals surface area contributed by atoms with Crippen molar-refractivity contribution in [3.8, 4) is 5.69 Å². The van der Waals surface area contributed by atoms with Crippen LogP contribution < -0.4 is 5.32 Å². The average molecular weight is 292 g/mol. The van der Waals surface area contributed by atoms with E-state index in [1.54, 1.807) is 0 Å². The molecule has 2 aromatic rings. The first-order valence-electron chi connectivity index (χ1n) is 7.27. The van der Waals surface area contributed by atoms with Gasteiger partial charge >= 0.3 is 0 Å². The average Bonchev–Trinajstić information content (AvgIpc) is 2.82. The highest BCUT2D eigenvalue weighted by molar-refractivity contribution is 6.30. The van der Waals surface area contributed by atoms with Crippen molar-refractivity contribution in [2.75, 3.05) is 6.54 Å². The molecule has 0 aliphatic rings. The van der Waals surface area contributed by atoms with Crippen LogP contribution in [0, 0.1) is 0 Å². The zero-order chi connectivity index (χ0) is 14.5. The fourth-order valence-corrected chi connectivity index (χ4v) is 2.64. The van der Waals surface area contributed by atoms with E-state index in [1.165, 1.54) is 17.0 Å². The lowest BCUT2D eigenvalue weighted by Gasteiger charge is -2.08. The molecule has 0 spiro atoms. The van der Waals surface area contributed by atoms with Crippen LogP contribution in [-0.2, 0) is 19.4 Å². The van der Waals surface area contributed by atoms with Gasteiger partial charge in [-0.25, -0.2) is 4.68 Å². The minimum Gasteiger partial charge on any atom is -0.313 e. The fraction of sp³-hybridized carbons (Fsp3) is 0.438. The van der Waals surface area contributed by atoms with Crippen molar-refractivity contribution in [2.24, 2.45) is 0 Å².